The minimum atomic E-state index is -1.34. The number of ether oxygens (including phenoxy) is 1. The van der Waals surface area contributed by atoms with E-state index < -0.39 is 41.0 Å². The minimum absolute atomic E-state index is 0.124. The van der Waals surface area contributed by atoms with E-state index in [2.05, 4.69) is 16.0 Å². The van der Waals surface area contributed by atoms with Gasteiger partial charge in [0.25, 0.3) is 17.7 Å². The van der Waals surface area contributed by atoms with Crippen LogP contribution in [0.3, 0.4) is 0 Å². The molecule has 2 aromatic heterocycles. The molecule has 6 rings (SSSR count). The van der Waals surface area contributed by atoms with Crippen molar-refractivity contribution in [2.75, 3.05) is 4.90 Å². The molecule has 1 aliphatic heterocycles. The van der Waals surface area contributed by atoms with Crippen LogP contribution in [0.5, 0.6) is 5.75 Å². The second kappa shape index (κ2) is 9.69. The number of halogens is 2. The molecule has 3 aromatic carbocycles. The molecule has 0 saturated carbocycles. The molecular formula is C30H17F2N5O4. The number of anilines is 1. The SMILES string of the molecule is C#C[C@H](Oc1cc2cc(F)ccc2nc1N1C(=O)c2ccccc2C1=O)c1cc(C(N)=O)c(F)cc1-n1cccn1. The van der Waals surface area contributed by atoms with Crippen LogP contribution in [0.15, 0.2) is 79.1 Å². The van der Waals surface area contributed by atoms with E-state index in [0.717, 1.165) is 17.0 Å². The van der Waals surface area contributed by atoms with Crippen molar-refractivity contribution in [3.05, 3.63) is 113 Å². The van der Waals surface area contributed by atoms with Gasteiger partial charge in [0, 0.05) is 29.4 Å². The van der Waals surface area contributed by atoms with Crippen LogP contribution in [0.25, 0.3) is 16.6 Å². The Labute approximate surface area is 230 Å². The number of pyridine rings is 1. The molecule has 1 aliphatic rings. The molecule has 41 heavy (non-hydrogen) atoms. The van der Waals surface area contributed by atoms with Crippen LogP contribution in [0, 0.1) is 24.0 Å². The molecule has 0 unspecified atom stereocenters. The molecule has 11 heteroatoms. The van der Waals surface area contributed by atoms with E-state index >= 15 is 0 Å². The fourth-order valence-electron chi connectivity index (χ4n) is 4.65. The van der Waals surface area contributed by atoms with E-state index in [1.165, 1.54) is 53.5 Å². The summed E-state index contributed by atoms with van der Waals surface area (Å²) in [5.41, 5.74) is 5.82. The van der Waals surface area contributed by atoms with Crippen molar-refractivity contribution in [1.82, 2.24) is 14.8 Å². The summed E-state index contributed by atoms with van der Waals surface area (Å²) in [5.74, 6) is -1.67. The molecule has 3 heterocycles. The summed E-state index contributed by atoms with van der Waals surface area (Å²) in [4.78, 5) is 44.0. The van der Waals surface area contributed by atoms with Crippen molar-refractivity contribution < 1.29 is 27.9 Å². The average Bonchev–Trinajstić information content (AvgIpc) is 3.58. The predicted molar refractivity (Wildman–Crippen MR) is 144 cm³/mol. The topological polar surface area (TPSA) is 120 Å². The maximum absolute atomic E-state index is 14.8. The predicted octanol–water partition coefficient (Wildman–Crippen LogP) is 4.35. The van der Waals surface area contributed by atoms with Crippen LogP contribution in [0.2, 0.25) is 0 Å². The van der Waals surface area contributed by atoms with Crippen molar-refractivity contribution in [2.24, 2.45) is 5.73 Å². The number of fused-ring (bicyclic) bond motifs is 2. The molecule has 5 aromatic rings. The summed E-state index contributed by atoms with van der Waals surface area (Å²) < 4.78 is 36.4. The van der Waals surface area contributed by atoms with Gasteiger partial charge >= 0.3 is 0 Å². The van der Waals surface area contributed by atoms with Gasteiger partial charge in [0.1, 0.15) is 11.6 Å². The van der Waals surface area contributed by atoms with Crippen molar-refractivity contribution in [3.63, 3.8) is 0 Å². The third-order valence-corrected chi connectivity index (χ3v) is 6.54. The first-order chi connectivity index (χ1) is 19.8. The maximum atomic E-state index is 14.8. The molecule has 0 radical (unpaired) electrons. The molecule has 1 atom stereocenters. The molecule has 9 nitrogen and oxygen atoms in total. The van der Waals surface area contributed by atoms with E-state index in [9.17, 15) is 23.2 Å². The van der Waals surface area contributed by atoms with Gasteiger partial charge in [-0.2, -0.15) is 5.10 Å². The smallest absolute Gasteiger partial charge is 0.267 e. The lowest BCUT2D eigenvalue weighted by Crippen LogP contribution is -2.31. The Bertz CT molecular complexity index is 1910. The fourth-order valence-corrected chi connectivity index (χ4v) is 4.65. The number of primary amides is 1. The van der Waals surface area contributed by atoms with Crippen LogP contribution in [-0.4, -0.2) is 32.5 Å². The zero-order valence-corrected chi connectivity index (χ0v) is 20.9. The molecule has 0 fully saturated rings. The first-order valence-electron chi connectivity index (χ1n) is 12.1. The largest absolute Gasteiger partial charge is 0.469 e. The van der Waals surface area contributed by atoms with E-state index in [-0.39, 0.29) is 39.5 Å². The van der Waals surface area contributed by atoms with E-state index in [4.69, 9.17) is 16.9 Å². The lowest BCUT2D eigenvalue weighted by molar-refractivity contribution is 0.0921. The zero-order valence-electron chi connectivity index (χ0n) is 20.9. The maximum Gasteiger partial charge on any atom is 0.267 e. The number of hydrogen-bond donors (Lipinski definition) is 1. The standard InChI is InChI=1S/C30H17F2N5O4/c1-2-25(21-14-20(27(33)38)22(32)15-24(21)36-11-5-10-34-36)41-26-13-16-12-17(31)8-9-23(16)35-28(26)37-29(39)18-6-3-4-7-19(18)30(37)40/h1,3-15,25H,(H2,33,38)/t25-/m0/s1. The Morgan fingerprint density at radius 2 is 1.73 bits per heavy atom. The number of nitrogens with two attached hydrogens (primary N) is 1. The van der Waals surface area contributed by atoms with Gasteiger partial charge in [-0.15, -0.1) is 6.42 Å². The van der Waals surface area contributed by atoms with Crippen molar-refractivity contribution >= 4 is 34.4 Å². The summed E-state index contributed by atoms with van der Waals surface area (Å²) in [6.07, 6.45) is 7.51. The summed E-state index contributed by atoms with van der Waals surface area (Å²) in [6, 6.07) is 15.2. The lowest BCUT2D eigenvalue weighted by Gasteiger charge is -2.23. The molecule has 3 amide bonds. The van der Waals surface area contributed by atoms with Crippen LogP contribution in [0.1, 0.15) is 42.7 Å². The van der Waals surface area contributed by atoms with Gasteiger partial charge in [-0.3, -0.25) is 14.4 Å². The van der Waals surface area contributed by atoms with Crippen LogP contribution >= 0.6 is 0 Å². The number of amides is 3. The second-order valence-electron chi connectivity index (χ2n) is 9.01. The molecular weight excluding hydrogens is 532 g/mol. The van der Waals surface area contributed by atoms with Crippen molar-refractivity contribution in [3.8, 4) is 23.8 Å². The Hall–Kier alpha value is -5.89. The number of hydrogen-bond acceptors (Lipinski definition) is 6. The fraction of sp³-hybridized carbons (Fsp3) is 0.0333. The molecule has 0 bridgehead atoms. The summed E-state index contributed by atoms with van der Waals surface area (Å²) >= 11 is 0. The molecule has 0 spiro atoms. The van der Waals surface area contributed by atoms with E-state index in [1.54, 1.807) is 18.2 Å². The highest BCUT2D eigenvalue weighted by molar-refractivity contribution is 6.34. The quantitative estimate of drug-likeness (QED) is 0.248. The van der Waals surface area contributed by atoms with Gasteiger partial charge in [-0.1, -0.05) is 18.1 Å². The Morgan fingerprint density at radius 1 is 1.00 bits per heavy atom. The van der Waals surface area contributed by atoms with Crippen LogP contribution in [0.4, 0.5) is 14.6 Å². The van der Waals surface area contributed by atoms with Gasteiger partial charge in [0.05, 0.1) is 27.9 Å². The van der Waals surface area contributed by atoms with E-state index in [1.807, 2.05) is 0 Å². The third kappa shape index (κ3) is 4.24. The van der Waals surface area contributed by atoms with Crippen LogP contribution in [-0.2, 0) is 0 Å². The normalized spacial score (nSPS) is 13.2. The highest BCUT2D eigenvalue weighted by Crippen LogP contribution is 2.39. The number of benzene rings is 3. The Balaban J connectivity index is 1.53. The number of nitrogens with zero attached hydrogens (tertiary/aromatic N) is 4. The first-order valence-corrected chi connectivity index (χ1v) is 12.1. The Morgan fingerprint density at radius 3 is 2.37 bits per heavy atom. The molecule has 0 saturated heterocycles. The lowest BCUT2D eigenvalue weighted by atomic mass is 10.0. The van der Waals surface area contributed by atoms with Gasteiger partial charge in [-0.05, 0) is 48.5 Å². The van der Waals surface area contributed by atoms with E-state index in [0.29, 0.717) is 5.39 Å². The van der Waals surface area contributed by atoms with Gasteiger partial charge in [-0.25, -0.2) is 23.3 Å². The minimum Gasteiger partial charge on any atom is -0.469 e. The number of terminal acetylenes is 1. The molecule has 0 aliphatic carbocycles. The zero-order chi connectivity index (χ0) is 28.8. The number of carbonyl (C=O) groups excluding carboxylic acids is 3. The monoisotopic (exact) mass is 549 g/mol. The number of carbonyl (C=O) groups is 3. The summed E-state index contributed by atoms with van der Waals surface area (Å²) in [7, 11) is 0. The highest BCUT2D eigenvalue weighted by atomic mass is 19.1. The summed E-state index contributed by atoms with van der Waals surface area (Å²) in [5, 5.41) is 4.41. The summed E-state index contributed by atoms with van der Waals surface area (Å²) in [6.45, 7) is 0. The Kier molecular flexibility index (Phi) is 6.00. The average molecular weight is 549 g/mol. The number of aromatic nitrogens is 3. The van der Waals surface area contributed by atoms with Crippen LogP contribution < -0.4 is 15.4 Å². The number of rotatable bonds is 6. The van der Waals surface area contributed by atoms with Gasteiger partial charge < -0.3 is 10.5 Å². The third-order valence-electron chi connectivity index (χ3n) is 6.54. The van der Waals surface area contributed by atoms with Gasteiger partial charge in [0.15, 0.2) is 17.7 Å². The first kappa shape index (κ1) is 25.4. The molecule has 2 N–H and O–H groups in total. The molecule has 200 valence electrons. The number of imide groups is 1. The second-order valence-corrected chi connectivity index (χ2v) is 9.01. The van der Waals surface area contributed by atoms with Crippen molar-refractivity contribution in [1.29, 1.82) is 0 Å². The highest BCUT2D eigenvalue weighted by Gasteiger charge is 2.39. The van der Waals surface area contributed by atoms with Crippen molar-refractivity contribution in [2.45, 2.75) is 6.10 Å². The van der Waals surface area contributed by atoms with Gasteiger partial charge in [0.2, 0.25) is 0 Å².